The highest BCUT2D eigenvalue weighted by Crippen LogP contribution is 2.32. The predicted molar refractivity (Wildman–Crippen MR) is 76.6 cm³/mol. The Labute approximate surface area is 115 Å². The highest BCUT2D eigenvalue weighted by molar-refractivity contribution is 7.98. The second kappa shape index (κ2) is 5.63. The van der Waals surface area contributed by atoms with E-state index in [1.165, 1.54) is 6.07 Å². The van der Waals surface area contributed by atoms with E-state index in [2.05, 4.69) is 0 Å². The number of aryl methyl sites for hydroxylation is 1. The molecular formula is C14H13ClFNS. The number of benzene rings is 2. The fourth-order valence-corrected chi connectivity index (χ4v) is 2.91. The summed E-state index contributed by atoms with van der Waals surface area (Å²) < 4.78 is 13.3. The monoisotopic (exact) mass is 281 g/mol. The Hall–Kier alpha value is -1.19. The molecule has 2 N–H and O–H groups in total. The minimum Gasteiger partial charge on any atom is -0.398 e. The van der Waals surface area contributed by atoms with Crippen molar-refractivity contribution in [2.75, 3.05) is 5.73 Å². The number of nitrogen functional groups attached to an aromatic ring is 1. The number of hydrogen-bond acceptors (Lipinski definition) is 2. The lowest BCUT2D eigenvalue weighted by Gasteiger charge is -2.09. The van der Waals surface area contributed by atoms with Gasteiger partial charge in [-0.05, 0) is 30.2 Å². The molecule has 0 amide bonds. The Morgan fingerprint density at radius 1 is 1.22 bits per heavy atom. The summed E-state index contributed by atoms with van der Waals surface area (Å²) in [6.07, 6.45) is 0. The molecule has 0 radical (unpaired) electrons. The van der Waals surface area contributed by atoms with Crippen molar-refractivity contribution in [1.29, 1.82) is 0 Å². The van der Waals surface area contributed by atoms with Gasteiger partial charge >= 0.3 is 0 Å². The van der Waals surface area contributed by atoms with Crippen LogP contribution in [0, 0.1) is 12.7 Å². The Balaban J connectivity index is 2.17. The Bertz CT molecular complexity index is 520. The standard InChI is InChI=1S/C14H13ClFNS/c1-9-4-2-7-12(14(9)17)18-8-10-5-3-6-11(16)13(10)15/h2-7H,8,17H2,1H3. The molecule has 0 saturated heterocycles. The van der Waals surface area contributed by atoms with E-state index in [0.717, 1.165) is 21.7 Å². The molecule has 0 bridgehead atoms. The molecule has 0 fully saturated rings. The molecule has 0 aromatic heterocycles. The van der Waals surface area contributed by atoms with Gasteiger partial charge in [0.25, 0.3) is 0 Å². The van der Waals surface area contributed by atoms with Gasteiger partial charge in [-0.1, -0.05) is 35.9 Å². The van der Waals surface area contributed by atoms with Crippen LogP contribution < -0.4 is 5.73 Å². The van der Waals surface area contributed by atoms with Crippen LogP contribution >= 0.6 is 23.4 Å². The molecule has 0 unspecified atom stereocenters. The Morgan fingerprint density at radius 3 is 2.72 bits per heavy atom. The summed E-state index contributed by atoms with van der Waals surface area (Å²) >= 11 is 7.47. The van der Waals surface area contributed by atoms with Crippen molar-refractivity contribution < 1.29 is 4.39 Å². The molecule has 94 valence electrons. The molecule has 4 heteroatoms. The van der Waals surface area contributed by atoms with Crippen molar-refractivity contribution in [1.82, 2.24) is 0 Å². The van der Waals surface area contributed by atoms with Crippen molar-refractivity contribution in [3.05, 3.63) is 58.4 Å². The Kier molecular flexibility index (Phi) is 4.15. The molecule has 0 saturated carbocycles. The normalized spacial score (nSPS) is 10.6. The second-order valence-electron chi connectivity index (χ2n) is 3.99. The largest absolute Gasteiger partial charge is 0.398 e. The second-order valence-corrected chi connectivity index (χ2v) is 5.38. The minimum absolute atomic E-state index is 0.191. The van der Waals surface area contributed by atoms with E-state index in [0.29, 0.717) is 5.75 Å². The van der Waals surface area contributed by atoms with Crippen molar-refractivity contribution in [3.63, 3.8) is 0 Å². The average molecular weight is 282 g/mol. The summed E-state index contributed by atoms with van der Waals surface area (Å²) in [5, 5.41) is 0.191. The summed E-state index contributed by atoms with van der Waals surface area (Å²) in [6, 6.07) is 10.7. The number of halogens is 2. The van der Waals surface area contributed by atoms with Gasteiger partial charge in [0.15, 0.2) is 0 Å². The fraction of sp³-hybridized carbons (Fsp3) is 0.143. The van der Waals surface area contributed by atoms with E-state index in [1.54, 1.807) is 17.8 Å². The van der Waals surface area contributed by atoms with Gasteiger partial charge in [0, 0.05) is 16.3 Å². The highest BCUT2D eigenvalue weighted by Gasteiger charge is 2.07. The zero-order valence-electron chi connectivity index (χ0n) is 9.91. The van der Waals surface area contributed by atoms with Crippen LogP contribution in [0.15, 0.2) is 41.3 Å². The third-order valence-electron chi connectivity index (χ3n) is 2.70. The van der Waals surface area contributed by atoms with Crippen LogP contribution in [0.4, 0.5) is 10.1 Å². The highest BCUT2D eigenvalue weighted by atomic mass is 35.5. The molecule has 0 spiro atoms. The number of para-hydroxylation sites is 1. The third-order valence-corrected chi connectivity index (χ3v) is 4.24. The minimum atomic E-state index is -0.382. The van der Waals surface area contributed by atoms with E-state index < -0.39 is 0 Å². The van der Waals surface area contributed by atoms with Crippen molar-refractivity contribution in [3.8, 4) is 0 Å². The van der Waals surface area contributed by atoms with E-state index in [9.17, 15) is 4.39 Å². The van der Waals surface area contributed by atoms with Crippen LogP contribution in [0.25, 0.3) is 0 Å². The van der Waals surface area contributed by atoms with Crippen molar-refractivity contribution in [2.24, 2.45) is 0 Å². The molecule has 2 aromatic rings. The first kappa shape index (κ1) is 13.2. The fourth-order valence-electron chi connectivity index (χ4n) is 1.60. The number of thioether (sulfide) groups is 1. The molecule has 0 aliphatic heterocycles. The molecule has 1 nitrogen and oxygen atoms in total. The number of nitrogens with two attached hydrogens (primary N) is 1. The lowest BCUT2D eigenvalue weighted by Crippen LogP contribution is -1.93. The van der Waals surface area contributed by atoms with Gasteiger partial charge in [-0.15, -0.1) is 11.8 Å². The lowest BCUT2D eigenvalue weighted by molar-refractivity contribution is 0.627. The van der Waals surface area contributed by atoms with Gasteiger partial charge in [-0.25, -0.2) is 4.39 Å². The third kappa shape index (κ3) is 2.79. The maximum absolute atomic E-state index is 13.3. The van der Waals surface area contributed by atoms with Gasteiger partial charge < -0.3 is 5.73 Å². The molecular weight excluding hydrogens is 269 g/mol. The first-order valence-corrected chi connectivity index (χ1v) is 6.86. The summed E-state index contributed by atoms with van der Waals surface area (Å²) in [6.45, 7) is 1.97. The van der Waals surface area contributed by atoms with Crippen LogP contribution in [-0.2, 0) is 5.75 Å². The van der Waals surface area contributed by atoms with E-state index in [-0.39, 0.29) is 10.8 Å². The van der Waals surface area contributed by atoms with Gasteiger partial charge in [0.1, 0.15) is 5.82 Å². The van der Waals surface area contributed by atoms with Gasteiger partial charge in [-0.2, -0.15) is 0 Å². The van der Waals surface area contributed by atoms with E-state index in [4.69, 9.17) is 17.3 Å². The molecule has 18 heavy (non-hydrogen) atoms. The average Bonchev–Trinajstić information content (AvgIpc) is 2.36. The van der Waals surface area contributed by atoms with Crippen LogP contribution in [0.2, 0.25) is 5.02 Å². The van der Waals surface area contributed by atoms with Gasteiger partial charge in [0.05, 0.1) is 5.02 Å². The number of rotatable bonds is 3. The summed E-state index contributed by atoms with van der Waals surface area (Å²) in [5.41, 5.74) is 8.59. The summed E-state index contributed by atoms with van der Waals surface area (Å²) in [7, 11) is 0. The smallest absolute Gasteiger partial charge is 0.142 e. The Morgan fingerprint density at radius 2 is 1.94 bits per heavy atom. The van der Waals surface area contributed by atoms with Gasteiger partial charge in [-0.3, -0.25) is 0 Å². The maximum Gasteiger partial charge on any atom is 0.142 e. The maximum atomic E-state index is 13.3. The molecule has 0 aliphatic rings. The van der Waals surface area contributed by atoms with E-state index in [1.807, 2.05) is 31.2 Å². The van der Waals surface area contributed by atoms with Crippen molar-refractivity contribution in [2.45, 2.75) is 17.6 Å². The number of anilines is 1. The first-order valence-electron chi connectivity index (χ1n) is 5.50. The molecule has 2 rings (SSSR count). The summed E-state index contributed by atoms with van der Waals surface area (Å²) in [4.78, 5) is 0.996. The quantitative estimate of drug-likeness (QED) is 0.654. The van der Waals surface area contributed by atoms with Crippen LogP contribution in [0.5, 0.6) is 0 Å². The van der Waals surface area contributed by atoms with Crippen LogP contribution in [0.3, 0.4) is 0 Å². The van der Waals surface area contributed by atoms with Crippen LogP contribution in [-0.4, -0.2) is 0 Å². The molecule has 0 heterocycles. The van der Waals surface area contributed by atoms with E-state index >= 15 is 0 Å². The zero-order chi connectivity index (χ0) is 13.1. The van der Waals surface area contributed by atoms with Crippen molar-refractivity contribution >= 4 is 29.1 Å². The lowest BCUT2D eigenvalue weighted by atomic mass is 10.2. The first-order chi connectivity index (χ1) is 8.59. The topological polar surface area (TPSA) is 26.0 Å². The number of hydrogen-bond donors (Lipinski definition) is 1. The molecule has 0 atom stereocenters. The zero-order valence-corrected chi connectivity index (χ0v) is 11.5. The molecule has 2 aromatic carbocycles. The van der Waals surface area contributed by atoms with Gasteiger partial charge in [0.2, 0.25) is 0 Å². The summed E-state index contributed by atoms with van der Waals surface area (Å²) in [5.74, 6) is 0.219. The molecule has 0 aliphatic carbocycles. The predicted octanol–water partition coefficient (Wildman–Crippen LogP) is 4.66. The van der Waals surface area contributed by atoms with Crippen LogP contribution in [0.1, 0.15) is 11.1 Å². The SMILES string of the molecule is Cc1cccc(SCc2cccc(F)c2Cl)c1N.